The average Bonchev–Trinajstić information content (AvgIpc) is 3.22. The molecular weight excluding hydrogens is 422 g/mol. The molecule has 0 saturated heterocycles. The van der Waals surface area contributed by atoms with Gasteiger partial charge in [0.05, 0.1) is 7.11 Å². The summed E-state index contributed by atoms with van der Waals surface area (Å²) in [6.45, 7) is 1.97. The Balaban J connectivity index is 1.50. The minimum Gasteiger partial charge on any atom is -0.496 e. The smallest absolute Gasteiger partial charge is 0.247 e. The summed E-state index contributed by atoms with van der Waals surface area (Å²) in [6, 6.07) is 21.6. The molecule has 0 aliphatic heterocycles. The van der Waals surface area contributed by atoms with Crippen LogP contribution in [-0.2, 0) is 0 Å². The molecule has 0 unspecified atom stereocenters. The number of aromatic nitrogens is 4. The number of aryl methyl sites for hydroxylation is 1. The van der Waals surface area contributed by atoms with Crippen molar-refractivity contribution in [2.24, 2.45) is 0 Å². The number of benzene rings is 2. The minimum atomic E-state index is 0.485. The van der Waals surface area contributed by atoms with Gasteiger partial charge in [-0.2, -0.15) is 4.98 Å². The fourth-order valence-electron chi connectivity index (χ4n) is 3.70. The number of nitrogens with one attached hydrogen (secondary N) is 1. The number of rotatable bonds is 5. The minimum absolute atomic E-state index is 0.485. The highest BCUT2D eigenvalue weighted by Gasteiger charge is 2.13. The van der Waals surface area contributed by atoms with Crippen LogP contribution in [0.15, 0.2) is 79.1 Å². The summed E-state index contributed by atoms with van der Waals surface area (Å²) < 4.78 is 7.39. The van der Waals surface area contributed by atoms with E-state index in [4.69, 9.17) is 21.3 Å². The van der Waals surface area contributed by atoms with Gasteiger partial charge >= 0.3 is 0 Å². The maximum absolute atomic E-state index is 6.41. The Morgan fingerprint density at radius 2 is 1.78 bits per heavy atom. The van der Waals surface area contributed by atoms with E-state index in [1.807, 2.05) is 79.9 Å². The van der Waals surface area contributed by atoms with Gasteiger partial charge in [-0.3, -0.25) is 4.98 Å². The number of hydrogen-bond donors (Lipinski definition) is 1. The van der Waals surface area contributed by atoms with Gasteiger partial charge in [-0.05, 0) is 55.0 Å². The second-order valence-corrected chi connectivity index (χ2v) is 7.74. The zero-order chi connectivity index (χ0) is 22.1. The molecule has 158 valence electrons. The van der Waals surface area contributed by atoms with Crippen LogP contribution in [0.2, 0.25) is 5.02 Å². The fraction of sp³-hybridized carbons (Fsp3) is 0.0800. The molecule has 0 bridgehead atoms. The Morgan fingerprint density at radius 3 is 2.59 bits per heavy atom. The van der Waals surface area contributed by atoms with E-state index in [2.05, 4.69) is 15.4 Å². The molecule has 0 spiro atoms. The molecule has 3 aromatic heterocycles. The van der Waals surface area contributed by atoms with Crippen molar-refractivity contribution >= 4 is 28.9 Å². The lowest BCUT2D eigenvalue weighted by atomic mass is 10.0. The van der Waals surface area contributed by atoms with E-state index in [1.54, 1.807) is 17.8 Å². The van der Waals surface area contributed by atoms with Crippen molar-refractivity contribution in [2.45, 2.75) is 6.92 Å². The summed E-state index contributed by atoms with van der Waals surface area (Å²) in [6.07, 6.45) is 3.66. The molecule has 6 nitrogen and oxygen atoms in total. The molecule has 32 heavy (non-hydrogen) atoms. The Morgan fingerprint density at radius 1 is 0.938 bits per heavy atom. The summed E-state index contributed by atoms with van der Waals surface area (Å²) >= 11 is 6.41. The predicted octanol–water partition coefficient (Wildman–Crippen LogP) is 6.17. The van der Waals surface area contributed by atoms with Gasteiger partial charge in [0.2, 0.25) is 5.95 Å². The van der Waals surface area contributed by atoms with E-state index in [0.717, 1.165) is 45.0 Å². The monoisotopic (exact) mass is 441 g/mol. The molecule has 0 atom stereocenters. The van der Waals surface area contributed by atoms with E-state index in [0.29, 0.717) is 11.0 Å². The molecule has 1 N–H and O–H groups in total. The van der Waals surface area contributed by atoms with Gasteiger partial charge in [0.25, 0.3) is 0 Å². The highest BCUT2D eigenvalue weighted by Crippen LogP contribution is 2.34. The van der Waals surface area contributed by atoms with Crippen molar-refractivity contribution in [3.8, 4) is 28.0 Å². The number of fused-ring (bicyclic) bond motifs is 1. The number of halogens is 1. The van der Waals surface area contributed by atoms with Crippen molar-refractivity contribution in [1.29, 1.82) is 0 Å². The average molecular weight is 442 g/mol. The largest absolute Gasteiger partial charge is 0.496 e. The third-order valence-electron chi connectivity index (χ3n) is 5.19. The van der Waals surface area contributed by atoms with Gasteiger partial charge in [-0.1, -0.05) is 29.8 Å². The number of nitrogens with zero attached hydrogens (tertiary/aromatic N) is 4. The molecule has 0 radical (unpaired) electrons. The zero-order valence-corrected chi connectivity index (χ0v) is 18.3. The maximum Gasteiger partial charge on any atom is 0.247 e. The van der Waals surface area contributed by atoms with Crippen molar-refractivity contribution in [2.75, 3.05) is 12.4 Å². The quantitative estimate of drug-likeness (QED) is 0.353. The van der Waals surface area contributed by atoms with Gasteiger partial charge in [0.1, 0.15) is 5.75 Å². The second kappa shape index (κ2) is 8.32. The van der Waals surface area contributed by atoms with Gasteiger partial charge < -0.3 is 10.1 Å². The summed E-state index contributed by atoms with van der Waals surface area (Å²) in [7, 11) is 1.66. The van der Waals surface area contributed by atoms with Gasteiger partial charge in [0.15, 0.2) is 5.65 Å². The molecule has 0 aliphatic carbocycles. The topological polar surface area (TPSA) is 64.3 Å². The number of anilines is 2. The lowest BCUT2D eigenvalue weighted by Gasteiger charge is -2.11. The molecule has 7 heteroatoms. The van der Waals surface area contributed by atoms with E-state index in [1.165, 1.54) is 0 Å². The summed E-state index contributed by atoms with van der Waals surface area (Å²) in [5.41, 5.74) is 6.38. The molecule has 0 saturated carbocycles. The molecule has 5 rings (SSSR count). The normalized spacial score (nSPS) is 11.0. The van der Waals surface area contributed by atoms with Crippen molar-refractivity contribution < 1.29 is 4.74 Å². The SMILES string of the molecule is COc1cc(Nc2nc3c(-c4ccccc4Cl)cccn3n2)ccc1-c1ccnc(C)c1. The van der Waals surface area contributed by atoms with E-state index < -0.39 is 0 Å². The second-order valence-electron chi connectivity index (χ2n) is 7.33. The molecule has 0 aliphatic rings. The van der Waals surface area contributed by atoms with E-state index >= 15 is 0 Å². The Hall–Kier alpha value is -3.90. The van der Waals surface area contributed by atoms with Crippen molar-refractivity contribution in [3.05, 3.63) is 89.8 Å². The lowest BCUT2D eigenvalue weighted by molar-refractivity contribution is 0.416. The zero-order valence-electron chi connectivity index (χ0n) is 17.6. The van der Waals surface area contributed by atoms with Crippen LogP contribution in [0.4, 0.5) is 11.6 Å². The van der Waals surface area contributed by atoms with Crippen LogP contribution in [0.5, 0.6) is 5.75 Å². The summed E-state index contributed by atoms with van der Waals surface area (Å²) in [5.74, 6) is 1.24. The van der Waals surface area contributed by atoms with Crippen LogP contribution in [0.3, 0.4) is 0 Å². The van der Waals surface area contributed by atoms with E-state index in [-0.39, 0.29) is 0 Å². The van der Waals surface area contributed by atoms with Crippen molar-refractivity contribution in [1.82, 2.24) is 19.6 Å². The van der Waals surface area contributed by atoms with Gasteiger partial charge in [0, 0.05) is 51.6 Å². The summed E-state index contributed by atoms with van der Waals surface area (Å²) in [5, 5.41) is 8.53. The number of methoxy groups -OCH3 is 1. The van der Waals surface area contributed by atoms with Gasteiger partial charge in [-0.25, -0.2) is 4.52 Å². The van der Waals surface area contributed by atoms with Crippen molar-refractivity contribution in [3.63, 3.8) is 0 Å². The number of ether oxygens (including phenoxy) is 1. The van der Waals surface area contributed by atoms with Crippen LogP contribution in [0.25, 0.3) is 27.9 Å². The first-order chi connectivity index (χ1) is 15.6. The Bertz CT molecular complexity index is 1430. The third kappa shape index (κ3) is 3.76. The fourth-order valence-corrected chi connectivity index (χ4v) is 3.94. The first kappa shape index (κ1) is 20.0. The maximum atomic E-state index is 6.41. The highest BCUT2D eigenvalue weighted by molar-refractivity contribution is 6.33. The molecule has 3 heterocycles. The van der Waals surface area contributed by atoms with Crippen LogP contribution in [0, 0.1) is 6.92 Å². The molecule has 0 fully saturated rings. The standard InChI is InChI=1S/C25H20ClN5O/c1-16-14-17(11-12-27-16)19-10-9-18(15-23(19)32-2)28-25-29-24-21(7-5-13-31(24)30-25)20-6-3-4-8-22(20)26/h3-15H,1-2H3,(H,28,30). The van der Waals surface area contributed by atoms with Crippen LogP contribution < -0.4 is 10.1 Å². The van der Waals surface area contributed by atoms with Gasteiger partial charge in [-0.15, -0.1) is 5.10 Å². The van der Waals surface area contributed by atoms with Crippen LogP contribution in [0.1, 0.15) is 5.69 Å². The number of pyridine rings is 2. The predicted molar refractivity (Wildman–Crippen MR) is 128 cm³/mol. The molecule has 0 amide bonds. The van der Waals surface area contributed by atoms with Crippen LogP contribution in [-0.4, -0.2) is 26.7 Å². The third-order valence-corrected chi connectivity index (χ3v) is 5.52. The Labute approximate surface area is 190 Å². The van der Waals surface area contributed by atoms with E-state index in [9.17, 15) is 0 Å². The Kier molecular flexibility index (Phi) is 5.21. The highest BCUT2D eigenvalue weighted by atomic mass is 35.5. The lowest BCUT2D eigenvalue weighted by Crippen LogP contribution is -1.95. The number of hydrogen-bond acceptors (Lipinski definition) is 5. The first-order valence-corrected chi connectivity index (χ1v) is 10.5. The summed E-state index contributed by atoms with van der Waals surface area (Å²) in [4.78, 5) is 8.98. The van der Waals surface area contributed by atoms with Crippen LogP contribution >= 0.6 is 11.6 Å². The molecular formula is C25H20ClN5O. The molecule has 2 aromatic carbocycles. The molecule has 5 aromatic rings. The first-order valence-electron chi connectivity index (χ1n) is 10.1.